The summed E-state index contributed by atoms with van der Waals surface area (Å²) in [5.41, 5.74) is 2.13. The van der Waals surface area contributed by atoms with E-state index in [1.807, 2.05) is 0 Å². The summed E-state index contributed by atoms with van der Waals surface area (Å²) in [4.78, 5) is 17.3. The van der Waals surface area contributed by atoms with E-state index in [9.17, 15) is 13.6 Å². The van der Waals surface area contributed by atoms with E-state index in [0.717, 1.165) is 18.2 Å². The molecule has 120 valence electrons. The number of aryl methyl sites for hydroxylation is 2. The molecule has 0 aliphatic carbocycles. The van der Waals surface area contributed by atoms with Crippen LogP contribution in [-0.4, -0.2) is 27.9 Å². The van der Waals surface area contributed by atoms with Crippen LogP contribution in [0.4, 0.5) is 14.5 Å². The van der Waals surface area contributed by atoms with Gasteiger partial charge >= 0.3 is 0 Å². The molecule has 0 saturated carbocycles. The Morgan fingerprint density at radius 1 is 1.39 bits per heavy atom. The highest BCUT2D eigenvalue weighted by molar-refractivity contribution is 6.06. The van der Waals surface area contributed by atoms with Crippen molar-refractivity contribution in [1.82, 2.24) is 10.2 Å². The number of halogens is 2. The zero-order valence-corrected chi connectivity index (χ0v) is 12.5. The first-order chi connectivity index (χ1) is 11.0. The van der Waals surface area contributed by atoms with Crippen LogP contribution in [0.15, 0.2) is 23.4 Å². The Balaban J connectivity index is 1.71. The van der Waals surface area contributed by atoms with Gasteiger partial charge in [0.1, 0.15) is 11.6 Å². The average molecular weight is 320 g/mol. The maximum atomic E-state index is 13.7. The molecule has 2 aromatic rings. The summed E-state index contributed by atoms with van der Waals surface area (Å²) >= 11 is 0. The van der Waals surface area contributed by atoms with Gasteiger partial charge in [-0.2, -0.15) is 5.10 Å². The fourth-order valence-corrected chi connectivity index (χ4v) is 2.33. The Hall–Kier alpha value is -2.77. The van der Waals surface area contributed by atoms with E-state index >= 15 is 0 Å². The fourth-order valence-electron chi connectivity index (χ4n) is 2.33. The van der Waals surface area contributed by atoms with Gasteiger partial charge in [0.15, 0.2) is 0 Å². The number of H-pyrrole nitrogens is 1. The number of carbonyl (C=O) groups excluding carboxylic acids is 1. The number of hydrogen-bond donors (Lipinski definition) is 2. The second kappa shape index (κ2) is 5.79. The molecule has 6 nitrogen and oxygen atoms in total. The third kappa shape index (κ3) is 2.92. The molecule has 1 aromatic carbocycles. The van der Waals surface area contributed by atoms with E-state index in [-0.39, 0.29) is 17.7 Å². The fraction of sp³-hybridized carbons (Fsp3) is 0.267. The molecule has 0 bridgehead atoms. The zero-order chi connectivity index (χ0) is 16.6. The molecular formula is C15H14F2N4O2. The van der Waals surface area contributed by atoms with Crippen LogP contribution in [0.25, 0.3) is 0 Å². The minimum Gasteiger partial charge on any atom is -0.382 e. The molecule has 2 N–H and O–H groups in total. The Labute approximate surface area is 130 Å². The SMILES string of the molecule is Cc1n[nH]c(C)c1NC(=O)[C@@H]1CC(c2cc(F)ccc2F)=NO1. The van der Waals surface area contributed by atoms with Crippen LogP contribution in [-0.2, 0) is 9.63 Å². The lowest BCUT2D eigenvalue weighted by atomic mass is 10.0. The topological polar surface area (TPSA) is 79.4 Å². The molecular weight excluding hydrogens is 306 g/mol. The molecule has 0 unspecified atom stereocenters. The number of benzene rings is 1. The van der Waals surface area contributed by atoms with Crippen LogP contribution in [0.1, 0.15) is 23.4 Å². The Kier molecular flexibility index (Phi) is 3.81. The van der Waals surface area contributed by atoms with Crippen LogP contribution in [0.5, 0.6) is 0 Å². The lowest BCUT2D eigenvalue weighted by Gasteiger charge is -2.09. The summed E-state index contributed by atoms with van der Waals surface area (Å²) in [6.45, 7) is 3.52. The molecule has 3 rings (SSSR count). The summed E-state index contributed by atoms with van der Waals surface area (Å²) in [6, 6.07) is 3.06. The van der Waals surface area contributed by atoms with Crippen LogP contribution in [0.2, 0.25) is 0 Å². The van der Waals surface area contributed by atoms with Gasteiger partial charge in [-0.15, -0.1) is 0 Å². The predicted octanol–water partition coefficient (Wildman–Crippen LogP) is 2.44. The number of hydrogen-bond acceptors (Lipinski definition) is 4. The van der Waals surface area contributed by atoms with Gasteiger partial charge in [-0.05, 0) is 32.0 Å². The van der Waals surface area contributed by atoms with Crippen molar-refractivity contribution >= 4 is 17.3 Å². The van der Waals surface area contributed by atoms with E-state index in [1.165, 1.54) is 0 Å². The van der Waals surface area contributed by atoms with Gasteiger partial charge in [0.05, 0.1) is 22.8 Å². The van der Waals surface area contributed by atoms with Crippen molar-refractivity contribution in [3.8, 4) is 0 Å². The number of carbonyl (C=O) groups is 1. The van der Waals surface area contributed by atoms with Crippen molar-refractivity contribution < 1.29 is 18.4 Å². The third-order valence-corrected chi connectivity index (χ3v) is 3.58. The van der Waals surface area contributed by atoms with Crippen molar-refractivity contribution in [3.05, 3.63) is 46.8 Å². The molecule has 0 spiro atoms. The number of rotatable bonds is 3. The molecule has 1 aromatic heterocycles. The minimum atomic E-state index is -0.902. The third-order valence-electron chi connectivity index (χ3n) is 3.58. The molecule has 1 atom stereocenters. The summed E-state index contributed by atoms with van der Waals surface area (Å²) in [5, 5.41) is 13.1. The van der Waals surface area contributed by atoms with E-state index in [2.05, 4.69) is 20.7 Å². The molecule has 1 aliphatic rings. The number of aromatic nitrogens is 2. The van der Waals surface area contributed by atoms with Gasteiger partial charge in [-0.1, -0.05) is 5.16 Å². The Bertz CT molecular complexity index is 781. The number of anilines is 1. The standard InChI is InChI=1S/C15H14F2N4O2/c1-7-14(8(2)20-19-7)18-15(22)13-6-12(21-23-13)10-5-9(16)3-4-11(10)17/h3-5,13H,6H2,1-2H3,(H,18,22)(H,19,20)/t13-/m0/s1. The smallest absolute Gasteiger partial charge is 0.268 e. The second-order valence-corrected chi connectivity index (χ2v) is 5.26. The minimum absolute atomic E-state index is 0.00373. The molecule has 23 heavy (non-hydrogen) atoms. The molecule has 1 amide bonds. The van der Waals surface area contributed by atoms with Crippen molar-refractivity contribution in [2.24, 2.45) is 5.16 Å². The Morgan fingerprint density at radius 2 is 2.17 bits per heavy atom. The maximum Gasteiger partial charge on any atom is 0.268 e. The molecule has 0 radical (unpaired) electrons. The highest BCUT2D eigenvalue weighted by atomic mass is 19.1. The normalized spacial score (nSPS) is 16.9. The summed E-state index contributed by atoms with van der Waals surface area (Å²) < 4.78 is 27.0. The summed E-state index contributed by atoms with van der Waals surface area (Å²) in [6.07, 6.45) is -0.844. The van der Waals surface area contributed by atoms with Crippen molar-refractivity contribution in [2.75, 3.05) is 5.32 Å². The van der Waals surface area contributed by atoms with Gasteiger partial charge in [-0.3, -0.25) is 9.89 Å². The van der Waals surface area contributed by atoms with Gasteiger partial charge in [0.25, 0.3) is 5.91 Å². The average Bonchev–Trinajstić information content (AvgIpc) is 3.12. The van der Waals surface area contributed by atoms with Gasteiger partial charge in [0, 0.05) is 12.0 Å². The summed E-state index contributed by atoms with van der Waals surface area (Å²) in [7, 11) is 0. The largest absolute Gasteiger partial charge is 0.382 e. The van der Waals surface area contributed by atoms with Gasteiger partial charge in [0.2, 0.25) is 6.10 Å². The summed E-state index contributed by atoms with van der Waals surface area (Å²) in [5.74, 6) is -1.62. The first-order valence-corrected chi connectivity index (χ1v) is 6.96. The van der Waals surface area contributed by atoms with Crippen molar-refractivity contribution in [1.29, 1.82) is 0 Å². The van der Waals surface area contributed by atoms with Gasteiger partial charge in [-0.25, -0.2) is 8.78 Å². The lowest BCUT2D eigenvalue weighted by molar-refractivity contribution is -0.125. The number of nitrogens with one attached hydrogen (secondary N) is 2. The van der Waals surface area contributed by atoms with Crippen LogP contribution in [0, 0.1) is 25.5 Å². The van der Waals surface area contributed by atoms with Crippen LogP contribution >= 0.6 is 0 Å². The van der Waals surface area contributed by atoms with Crippen molar-refractivity contribution in [3.63, 3.8) is 0 Å². The van der Waals surface area contributed by atoms with Crippen molar-refractivity contribution in [2.45, 2.75) is 26.4 Å². The van der Waals surface area contributed by atoms with Crippen LogP contribution < -0.4 is 5.32 Å². The molecule has 2 heterocycles. The second-order valence-electron chi connectivity index (χ2n) is 5.26. The molecule has 0 fully saturated rings. The monoisotopic (exact) mass is 320 g/mol. The number of amides is 1. The molecule has 1 aliphatic heterocycles. The van der Waals surface area contributed by atoms with E-state index in [0.29, 0.717) is 17.1 Å². The van der Waals surface area contributed by atoms with E-state index in [4.69, 9.17) is 4.84 Å². The number of oxime groups is 1. The molecule has 0 saturated heterocycles. The first-order valence-electron chi connectivity index (χ1n) is 6.96. The van der Waals surface area contributed by atoms with Crippen LogP contribution in [0.3, 0.4) is 0 Å². The highest BCUT2D eigenvalue weighted by Crippen LogP contribution is 2.22. The quantitative estimate of drug-likeness (QED) is 0.911. The zero-order valence-electron chi connectivity index (χ0n) is 12.5. The predicted molar refractivity (Wildman–Crippen MR) is 79.1 cm³/mol. The van der Waals surface area contributed by atoms with Gasteiger partial charge < -0.3 is 10.2 Å². The number of nitrogens with zero attached hydrogens (tertiary/aromatic N) is 2. The molecule has 8 heteroatoms. The maximum absolute atomic E-state index is 13.7. The number of aromatic amines is 1. The first kappa shape index (κ1) is 15.1. The highest BCUT2D eigenvalue weighted by Gasteiger charge is 2.31. The van der Waals surface area contributed by atoms with E-state index < -0.39 is 23.6 Å². The lowest BCUT2D eigenvalue weighted by Crippen LogP contribution is -2.28. The van der Waals surface area contributed by atoms with E-state index in [1.54, 1.807) is 13.8 Å². The Morgan fingerprint density at radius 3 is 2.87 bits per heavy atom.